The highest BCUT2D eigenvalue weighted by Gasteiger charge is 2.35. The average Bonchev–Trinajstić information content (AvgIpc) is 3.10. The number of hydrogen-bond acceptors (Lipinski definition) is 5. The highest BCUT2D eigenvalue weighted by molar-refractivity contribution is 7.09. The maximum Gasteiger partial charge on any atom is 0.416 e. The van der Waals surface area contributed by atoms with E-state index in [0.717, 1.165) is 23.1 Å². The van der Waals surface area contributed by atoms with Crippen LogP contribution in [0.25, 0.3) is 0 Å². The van der Waals surface area contributed by atoms with Crippen molar-refractivity contribution in [2.45, 2.75) is 65.3 Å². The molecule has 0 N–H and O–H groups in total. The summed E-state index contributed by atoms with van der Waals surface area (Å²) in [6.07, 6.45) is -3.06. The quantitative estimate of drug-likeness (QED) is 0.528. The average molecular weight is 528 g/mol. The number of likely N-dealkylation sites (tertiary alicyclic amines) is 1. The number of carbonyl (C=O) groups excluding carboxylic acids is 2. The number of carbonyl (C=O) groups is 2. The first-order valence-electron chi connectivity index (χ1n) is 11.5. The third-order valence-electron chi connectivity index (χ3n) is 5.48. The zero-order valence-electron chi connectivity index (χ0n) is 21.5. The summed E-state index contributed by atoms with van der Waals surface area (Å²) < 4.78 is 52.1. The van der Waals surface area contributed by atoms with Crippen LogP contribution in [0.1, 0.15) is 62.3 Å². The number of nitrogens with zero attached hydrogens (tertiary/aromatic N) is 3. The van der Waals surface area contributed by atoms with Gasteiger partial charge in [-0.05, 0) is 44.4 Å². The molecule has 1 aromatic carbocycles. The molecule has 1 saturated heterocycles. The minimum absolute atomic E-state index is 0.0166. The summed E-state index contributed by atoms with van der Waals surface area (Å²) in [5.41, 5.74) is -2.01. The van der Waals surface area contributed by atoms with Crippen LogP contribution in [-0.4, -0.2) is 47.3 Å². The molecule has 1 aromatic heterocycles. The zero-order valence-corrected chi connectivity index (χ0v) is 22.3. The Bertz CT molecular complexity index is 1200. The van der Waals surface area contributed by atoms with E-state index in [0.29, 0.717) is 24.4 Å². The second kappa shape index (κ2) is 9.91. The van der Waals surface area contributed by atoms with Gasteiger partial charge in [-0.1, -0.05) is 20.8 Å². The first-order chi connectivity index (χ1) is 16.5. The van der Waals surface area contributed by atoms with Gasteiger partial charge in [0.05, 0.1) is 18.2 Å². The lowest BCUT2D eigenvalue weighted by molar-refractivity contribution is -0.137. The van der Waals surface area contributed by atoms with Crippen LogP contribution in [0.15, 0.2) is 29.4 Å². The predicted octanol–water partition coefficient (Wildman–Crippen LogP) is 5.48. The van der Waals surface area contributed by atoms with E-state index in [1.807, 2.05) is 52.3 Å². The second-order valence-corrected chi connectivity index (χ2v) is 11.9. The molecule has 0 aliphatic carbocycles. The summed E-state index contributed by atoms with van der Waals surface area (Å²) >= 11 is 1.31. The Kier molecular flexibility index (Phi) is 7.64. The Balaban J connectivity index is 1.89. The molecule has 1 aliphatic heterocycles. The highest BCUT2D eigenvalue weighted by Crippen LogP contribution is 2.33. The first kappa shape index (κ1) is 27.8. The second-order valence-electron chi connectivity index (χ2n) is 10.9. The van der Waals surface area contributed by atoms with E-state index < -0.39 is 23.2 Å². The molecule has 0 radical (unpaired) electrons. The number of halogens is 3. The number of benzene rings is 1. The van der Waals surface area contributed by atoms with Crippen LogP contribution in [0.3, 0.4) is 0 Å². The lowest BCUT2D eigenvalue weighted by Crippen LogP contribution is -2.53. The van der Waals surface area contributed by atoms with Crippen molar-refractivity contribution in [1.82, 2.24) is 9.47 Å². The number of aromatic nitrogens is 1. The van der Waals surface area contributed by atoms with Crippen LogP contribution in [0.2, 0.25) is 0 Å². The van der Waals surface area contributed by atoms with E-state index in [1.54, 1.807) is 4.90 Å². The minimum Gasteiger partial charge on any atom is -0.496 e. The van der Waals surface area contributed by atoms with Crippen LogP contribution in [-0.2, 0) is 22.9 Å². The van der Waals surface area contributed by atoms with Crippen LogP contribution in [0.5, 0.6) is 5.75 Å². The maximum absolute atomic E-state index is 13.2. The van der Waals surface area contributed by atoms with Gasteiger partial charge in [-0.25, -0.2) is 4.79 Å². The van der Waals surface area contributed by atoms with Crippen molar-refractivity contribution >= 4 is 23.3 Å². The molecular weight excluding hydrogens is 495 g/mol. The molecule has 3 rings (SSSR count). The van der Waals surface area contributed by atoms with Crippen molar-refractivity contribution in [1.29, 1.82) is 0 Å². The lowest BCUT2D eigenvalue weighted by Gasteiger charge is -2.39. The van der Waals surface area contributed by atoms with Gasteiger partial charge >= 0.3 is 12.3 Å². The first-order valence-corrected chi connectivity index (χ1v) is 12.3. The molecule has 0 unspecified atom stereocenters. The van der Waals surface area contributed by atoms with Gasteiger partial charge in [-0.2, -0.15) is 18.2 Å². The molecule has 7 nitrogen and oxygen atoms in total. The predicted molar refractivity (Wildman–Crippen MR) is 130 cm³/mol. The number of methoxy groups -OCH3 is 1. The lowest BCUT2D eigenvalue weighted by atomic mass is 9.95. The summed E-state index contributed by atoms with van der Waals surface area (Å²) in [6.45, 7) is 13.0. The van der Waals surface area contributed by atoms with Gasteiger partial charge in [-0.3, -0.25) is 4.79 Å². The molecule has 11 heteroatoms. The van der Waals surface area contributed by atoms with Crippen LogP contribution in [0, 0.1) is 5.92 Å². The normalized spacial score (nSPS) is 15.6. The molecule has 0 saturated carbocycles. The van der Waals surface area contributed by atoms with Crippen molar-refractivity contribution < 1.29 is 32.2 Å². The highest BCUT2D eigenvalue weighted by atomic mass is 32.1. The van der Waals surface area contributed by atoms with Crippen molar-refractivity contribution in [3.63, 3.8) is 0 Å². The SMILES string of the molecule is COc1ccc(C(F)(F)F)cc1C(=O)/N=c1\sc(C(C)(C)C)cn1CC1CN(C(=O)OC(C)(C)C)C1. The molecule has 36 heavy (non-hydrogen) atoms. The number of thiazole rings is 1. The van der Waals surface area contributed by atoms with Crippen molar-refractivity contribution in [3.05, 3.63) is 45.2 Å². The van der Waals surface area contributed by atoms with E-state index in [9.17, 15) is 22.8 Å². The van der Waals surface area contributed by atoms with Gasteiger partial charge in [0, 0.05) is 36.6 Å². The zero-order chi connectivity index (χ0) is 27.1. The van der Waals surface area contributed by atoms with E-state index in [1.165, 1.54) is 18.4 Å². The molecule has 0 atom stereocenters. The molecule has 198 valence electrons. The molecule has 0 spiro atoms. The molecule has 0 bridgehead atoms. The van der Waals surface area contributed by atoms with Crippen LogP contribution >= 0.6 is 11.3 Å². The Hall–Kier alpha value is -2.82. The van der Waals surface area contributed by atoms with Gasteiger partial charge < -0.3 is 18.9 Å². The Morgan fingerprint density at radius 2 is 1.75 bits per heavy atom. The van der Waals surface area contributed by atoms with Crippen molar-refractivity contribution in [2.24, 2.45) is 10.9 Å². The van der Waals surface area contributed by atoms with E-state index in [2.05, 4.69) is 4.99 Å². The van der Waals surface area contributed by atoms with Gasteiger partial charge in [0.1, 0.15) is 11.4 Å². The van der Waals surface area contributed by atoms with Gasteiger partial charge in [-0.15, -0.1) is 11.3 Å². The smallest absolute Gasteiger partial charge is 0.416 e. The molecule has 2 amide bonds. The van der Waals surface area contributed by atoms with Crippen molar-refractivity contribution in [2.75, 3.05) is 20.2 Å². The third kappa shape index (κ3) is 6.68. The number of amides is 2. The summed E-state index contributed by atoms with van der Waals surface area (Å²) in [6, 6.07) is 2.75. The fraction of sp³-hybridized carbons (Fsp3) is 0.560. The van der Waals surface area contributed by atoms with Gasteiger partial charge in [0.2, 0.25) is 0 Å². The number of hydrogen-bond donors (Lipinski definition) is 0. The van der Waals surface area contributed by atoms with Crippen LogP contribution in [0.4, 0.5) is 18.0 Å². The summed E-state index contributed by atoms with van der Waals surface area (Å²) in [5, 5.41) is 0. The fourth-order valence-corrected chi connectivity index (χ4v) is 4.64. The number of alkyl halides is 3. The van der Waals surface area contributed by atoms with Crippen LogP contribution < -0.4 is 9.54 Å². The molecule has 2 heterocycles. The molecule has 1 fully saturated rings. The standard InChI is InChI=1S/C25H32F3N3O4S/c1-23(2,3)19-14-30(11-15-12-31(13-15)22(33)35-24(4,5)6)21(36-19)29-20(32)17-10-16(25(26,27)28)8-9-18(17)34-7/h8-10,14-15H,11-13H2,1-7H3/b29-21-. The third-order valence-corrected chi connectivity index (χ3v) is 6.92. The number of ether oxygens (including phenoxy) is 2. The van der Waals surface area contributed by atoms with E-state index >= 15 is 0 Å². The number of rotatable bonds is 4. The van der Waals surface area contributed by atoms with Gasteiger partial charge in [0.25, 0.3) is 5.91 Å². The molecule has 2 aromatic rings. The summed E-state index contributed by atoms with van der Waals surface area (Å²) in [7, 11) is 1.29. The largest absolute Gasteiger partial charge is 0.496 e. The van der Waals surface area contributed by atoms with E-state index in [4.69, 9.17) is 9.47 Å². The molecule has 1 aliphatic rings. The van der Waals surface area contributed by atoms with Gasteiger partial charge in [0.15, 0.2) is 4.80 Å². The summed E-state index contributed by atoms with van der Waals surface area (Å²) in [5.74, 6) is -0.682. The minimum atomic E-state index is -4.60. The van der Waals surface area contributed by atoms with Crippen molar-refractivity contribution in [3.8, 4) is 5.75 Å². The van der Waals surface area contributed by atoms with E-state index in [-0.39, 0.29) is 28.7 Å². The fourth-order valence-electron chi connectivity index (χ4n) is 3.58. The summed E-state index contributed by atoms with van der Waals surface area (Å²) in [4.78, 5) is 32.4. The molecular formula is C25H32F3N3O4S. The maximum atomic E-state index is 13.2. The Morgan fingerprint density at radius 3 is 2.28 bits per heavy atom. The Labute approximate surface area is 212 Å². The Morgan fingerprint density at radius 1 is 1.11 bits per heavy atom. The topological polar surface area (TPSA) is 73.1 Å². The monoisotopic (exact) mass is 527 g/mol.